The van der Waals surface area contributed by atoms with E-state index in [9.17, 15) is 15.2 Å². The molecular formula is C22H22N2O3. The number of benzene rings is 3. The number of hydrogen-bond acceptors (Lipinski definition) is 4. The second-order valence-electron chi connectivity index (χ2n) is 6.31. The zero-order valence-electron chi connectivity index (χ0n) is 14.9. The van der Waals surface area contributed by atoms with Gasteiger partial charge in [0.25, 0.3) is 5.69 Å². The fraction of sp³-hybridized carbons (Fsp3) is 0.182. The normalized spacial score (nSPS) is 11.7. The van der Waals surface area contributed by atoms with Gasteiger partial charge in [-0.2, -0.15) is 0 Å². The second-order valence-corrected chi connectivity index (χ2v) is 6.31. The molecule has 0 aliphatic carbocycles. The Morgan fingerprint density at radius 1 is 0.889 bits per heavy atom. The Hall–Kier alpha value is -3.18. The van der Waals surface area contributed by atoms with E-state index in [4.69, 9.17) is 0 Å². The molecule has 0 spiro atoms. The molecule has 0 heterocycles. The number of non-ortho nitro benzene ring substituents is 1. The number of para-hydroxylation sites is 1. The van der Waals surface area contributed by atoms with Crippen molar-refractivity contribution >= 4 is 11.4 Å². The molecule has 5 heteroatoms. The number of anilines is 1. The van der Waals surface area contributed by atoms with Crippen LogP contribution in [0.25, 0.3) is 0 Å². The maximum atomic E-state index is 10.8. The fourth-order valence-corrected chi connectivity index (χ4v) is 3.18. The predicted octanol–water partition coefficient (Wildman–Crippen LogP) is 4.38. The highest BCUT2D eigenvalue weighted by molar-refractivity contribution is 5.49. The van der Waals surface area contributed by atoms with E-state index in [2.05, 4.69) is 4.90 Å². The summed E-state index contributed by atoms with van der Waals surface area (Å²) in [6, 6.07) is 26.4. The van der Waals surface area contributed by atoms with E-state index >= 15 is 0 Å². The Balaban J connectivity index is 1.83. The van der Waals surface area contributed by atoms with Crippen molar-refractivity contribution in [2.24, 2.45) is 0 Å². The third-order valence-electron chi connectivity index (χ3n) is 4.61. The first-order chi connectivity index (χ1) is 13.2. The number of nitro groups is 1. The third kappa shape index (κ3) is 4.71. The monoisotopic (exact) mass is 362 g/mol. The quantitative estimate of drug-likeness (QED) is 0.477. The lowest BCUT2D eigenvalue weighted by Gasteiger charge is -2.33. The smallest absolute Gasteiger partial charge is 0.269 e. The van der Waals surface area contributed by atoms with Crippen LogP contribution in [0.1, 0.15) is 17.2 Å². The van der Waals surface area contributed by atoms with E-state index in [-0.39, 0.29) is 18.3 Å². The first-order valence-corrected chi connectivity index (χ1v) is 8.90. The van der Waals surface area contributed by atoms with E-state index in [1.807, 2.05) is 60.7 Å². The van der Waals surface area contributed by atoms with Gasteiger partial charge in [0.15, 0.2) is 0 Å². The average Bonchev–Trinajstić information content (AvgIpc) is 2.72. The van der Waals surface area contributed by atoms with Gasteiger partial charge >= 0.3 is 0 Å². The van der Waals surface area contributed by atoms with Crippen molar-refractivity contribution < 1.29 is 10.0 Å². The van der Waals surface area contributed by atoms with E-state index < -0.39 is 4.92 Å². The van der Waals surface area contributed by atoms with E-state index in [0.717, 1.165) is 23.2 Å². The molecule has 0 aromatic heterocycles. The maximum Gasteiger partial charge on any atom is 0.269 e. The SMILES string of the molecule is O=[N+]([O-])c1ccc(CCN(c2ccccc2)C(CO)c2ccccc2)cc1. The summed E-state index contributed by atoms with van der Waals surface area (Å²) in [4.78, 5) is 12.6. The van der Waals surface area contributed by atoms with Gasteiger partial charge in [0, 0.05) is 24.4 Å². The summed E-state index contributed by atoms with van der Waals surface area (Å²) in [6.07, 6.45) is 0.718. The molecule has 0 saturated heterocycles. The second kappa shape index (κ2) is 8.96. The van der Waals surface area contributed by atoms with Crippen LogP contribution >= 0.6 is 0 Å². The van der Waals surface area contributed by atoms with Gasteiger partial charge in [-0.25, -0.2) is 0 Å². The molecule has 0 amide bonds. The van der Waals surface area contributed by atoms with Gasteiger partial charge in [0.05, 0.1) is 17.6 Å². The van der Waals surface area contributed by atoms with Crippen LogP contribution in [-0.4, -0.2) is 23.2 Å². The molecule has 5 nitrogen and oxygen atoms in total. The molecule has 0 aliphatic rings. The van der Waals surface area contributed by atoms with Crippen molar-refractivity contribution in [2.45, 2.75) is 12.5 Å². The molecule has 27 heavy (non-hydrogen) atoms. The average molecular weight is 362 g/mol. The Labute approximate surface area is 158 Å². The molecule has 3 rings (SSSR count). The maximum absolute atomic E-state index is 10.8. The Kier molecular flexibility index (Phi) is 6.18. The van der Waals surface area contributed by atoms with Crippen molar-refractivity contribution in [1.29, 1.82) is 0 Å². The van der Waals surface area contributed by atoms with Crippen molar-refractivity contribution in [2.75, 3.05) is 18.1 Å². The highest BCUT2D eigenvalue weighted by atomic mass is 16.6. The van der Waals surface area contributed by atoms with Crippen LogP contribution in [0, 0.1) is 10.1 Å². The van der Waals surface area contributed by atoms with E-state index in [1.54, 1.807) is 12.1 Å². The van der Waals surface area contributed by atoms with Gasteiger partial charge in [-0.15, -0.1) is 0 Å². The lowest BCUT2D eigenvalue weighted by atomic mass is 10.0. The van der Waals surface area contributed by atoms with E-state index in [0.29, 0.717) is 6.54 Å². The van der Waals surface area contributed by atoms with Crippen molar-refractivity contribution in [3.63, 3.8) is 0 Å². The first-order valence-electron chi connectivity index (χ1n) is 8.90. The minimum absolute atomic E-state index is 0.000824. The summed E-state index contributed by atoms with van der Waals surface area (Å²) < 4.78 is 0. The van der Waals surface area contributed by atoms with Crippen LogP contribution in [0.4, 0.5) is 11.4 Å². The number of aliphatic hydroxyl groups excluding tert-OH is 1. The standard InChI is InChI=1S/C22H22N2O3/c25-17-22(19-7-3-1-4-8-19)23(20-9-5-2-6-10-20)16-15-18-11-13-21(14-12-18)24(26)27/h1-14,22,25H,15-17H2. The molecule has 1 unspecified atom stereocenters. The van der Waals surface area contributed by atoms with Gasteiger partial charge in [0.2, 0.25) is 0 Å². The Morgan fingerprint density at radius 2 is 1.48 bits per heavy atom. The molecule has 0 aliphatic heterocycles. The highest BCUT2D eigenvalue weighted by Crippen LogP contribution is 2.27. The topological polar surface area (TPSA) is 66.6 Å². The highest BCUT2D eigenvalue weighted by Gasteiger charge is 2.20. The zero-order chi connectivity index (χ0) is 19.1. The fourth-order valence-electron chi connectivity index (χ4n) is 3.18. The van der Waals surface area contributed by atoms with Crippen LogP contribution in [0.3, 0.4) is 0 Å². The van der Waals surface area contributed by atoms with Crippen molar-refractivity contribution in [3.8, 4) is 0 Å². The van der Waals surface area contributed by atoms with Gasteiger partial charge in [-0.1, -0.05) is 60.7 Å². The van der Waals surface area contributed by atoms with Crippen LogP contribution < -0.4 is 4.90 Å². The Bertz CT molecular complexity index is 852. The number of hydrogen-bond donors (Lipinski definition) is 1. The molecule has 1 N–H and O–H groups in total. The van der Waals surface area contributed by atoms with Crippen LogP contribution in [0.2, 0.25) is 0 Å². The summed E-state index contributed by atoms with van der Waals surface area (Å²) in [7, 11) is 0. The summed E-state index contributed by atoms with van der Waals surface area (Å²) in [5, 5.41) is 20.9. The van der Waals surface area contributed by atoms with Gasteiger partial charge < -0.3 is 10.0 Å². The number of aliphatic hydroxyl groups is 1. The van der Waals surface area contributed by atoms with E-state index in [1.165, 1.54) is 12.1 Å². The molecule has 0 radical (unpaired) electrons. The lowest BCUT2D eigenvalue weighted by Crippen LogP contribution is -2.33. The molecule has 0 fully saturated rings. The summed E-state index contributed by atoms with van der Waals surface area (Å²) in [5.74, 6) is 0. The minimum Gasteiger partial charge on any atom is -0.394 e. The number of nitro benzene ring substituents is 1. The molecule has 138 valence electrons. The van der Waals surface area contributed by atoms with Crippen molar-refractivity contribution in [3.05, 3.63) is 106 Å². The molecule has 0 saturated carbocycles. The lowest BCUT2D eigenvalue weighted by molar-refractivity contribution is -0.384. The molecule has 3 aromatic carbocycles. The minimum atomic E-state index is -0.392. The summed E-state index contributed by atoms with van der Waals surface area (Å²) in [6.45, 7) is 0.682. The predicted molar refractivity (Wildman–Crippen MR) is 107 cm³/mol. The van der Waals surface area contributed by atoms with Crippen LogP contribution in [0.15, 0.2) is 84.9 Å². The van der Waals surface area contributed by atoms with Gasteiger partial charge in [-0.05, 0) is 29.7 Å². The summed E-state index contributed by atoms with van der Waals surface area (Å²) >= 11 is 0. The van der Waals surface area contributed by atoms with Crippen molar-refractivity contribution in [1.82, 2.24) is 0 Å². The number of rotatable bonds is 8. The third-order valence-corrected chi connectivity index (χ3v) is 4.61. The number of nitrogens with zero attached hydrogens (tertiary/aromatic N) is 2. The molecular weight excluding hydrogens is 340 g/mol. The Morgan fingerprint density at radius 3 is 2.04 bits per heavy atom. The van der Waals surface area contributed by atoms with Crippen LogP contribution in [0.5, 0.6) is 0 Å². The van der Waals surface area contributed by atoms with Gasteiger partial charge in [0.1, 0.15) is 0 Å². The molecule has 1 atom stereocenters. The zero-order valence-corrected chi connectivity index (χ0v) is 14.9. The molecule has 3 aromatic rings. The molecule has 0 bridgehead atoms. The van der Waals surface area contributed by atoms with Gasteiger partial charge in [-0.3, -0.25) is 10.1 Å². The first kappa shape index (κ1) is 18.6. The van der Waals surface area contributed by atoms with Crippen LogP contribution in [-0.2, 0) is 6.42 Å². The largest absolute Gasteiger partial charge is 0.394 e. The summed E-state index contributed by atoms with van der Waals surface area (Å²) in [5.41, 5.74) is 3.19.